The van der Waals surface area contributed by atoms with Crippen LogP contribution in [0, 0.1) is 0 Å². The lowest BCUT2D eigenvalue weighted by Gasteiger charge is -2.26. The van der Waals surface area contributed by atoms with Gasteiger partial charge in [0.2, 0.25) is 0 Å². The lowest BCUT2D eigenvalue weighted by molar-refractivity contribution is 0.208. The van der Waals surface area contributed by atoms with Gasteiger partial charge in [-0.3, -0.25) is 4.90 Å². The van der Waals surface area contributed by atoms with E-state index in [1.807, 2.05) is 0 Å². The minimum Gasteiger partial charge on any atom is -0.329 e. The minimum atomic E-state index is 0.667. The smallest absolute Gasteiger partial charge is 0.0221 e. The quantitative estimate of drug-likeness (QED) is 0.618. The molecule has 0 unspecified atom stereocenters. The Kier molecular flexibility index (Phi) is 2.69. The van der Waals surface area contributed by atoms with E-state index in [-0.39, 0.29) is 0 Å². The zero-order valence-corrected chi connectivity index (χ0v) is 7.01. The van der Waals surface area contributed by atoms with Crippen molar-refractivity contribution in [1.82, 2.24) is 4.90 Å². The fraction of sp³-hybridized carbons (Fsp3) is 1.00. The molecule has 0 bridgehead atoms. The molecule has 10 heavy (non-hydrogen) atoms. The Morgan fingerprint density at radius 1 is 1.60 bits per heavy atom. The monoisotopic (exact) mass is 142 g/mol. The number of likely N-dealkylation sites (tertiary alicyclic amines) is 1. The molecule has 1 saturated heterocycles. The van der Waals surface area contributed by atoms with Gasteiger partial charge in [-0.1, -0.05) is 0 Å². The van der Waals surface area contributed by atoms with E-state index in [9.17, 15) is 0 Å². The summed E-state index contributed by atoms with van der Waals surface area (Å²) in [6.45, 7) is 6.57. The molecule has 1 heterocycles. The van der Waals surface area contributed by atoms with Crippen LogP contribution in [-0.4, -0.2) is 30.1 Å². The van der Waals surface area contributed by atoms with Gasteiger partial charge in [0.05, 0.1) is 0 Å². The highest BCUT2D eigenvalue weighted by Crippen LogP contribution is 2.18. The standard InChI is InChI=1S/C8H18N2/c1-7(2)10-5-3-4-8(10)6-9/h7-8H,3-6,9H2,1-2H3/t8-/m1/s1. The van der Waals surface area contributed by atoms with Crippen LogP contribution in [0.25, 0.3) is 0 Å². The summed E-state index contributed by atoms with van der Waals surface area (Å²) in [6.07, 6.45) is 2.63. The number of hydrogen-bond donors (Lipinski definition) is 1. The maximum absolute atomic E-state index is 5.62. The van der Waals surface area contributed by atoms with Gasteiger partial charge in [0.1, 0.15) is 0 Å². The largest absolute Gasteiger partial charge is 0.329 e. The molecular formula is C8H18N2. The number of nitrogens with two attached hydrogens (primary N) is 1. The van der Waals surface area contributed by atoms with Gasteiger partial charge in [0.15, 0.2) is 0 Å². The van der Waals surface area contributed by atoms with Gasteiger partial charge < -0.3 is 5.73 Å². The highest BCUT2D eigenvalue weighted by molar-refractivity contribution is 4.81. The van der Waals surface area contributed by atoms with Gasteiger partial charge in [-0.2, -0.15) is 0 Å². The Bertz CT molecular complexity index is 101. The lowest BCUT2D eigenvalue weighted by Crippen LogP contribution is -2.39. The average molecular weight is 142 g/mol. The Morgan fingerprint density at radius 3 is 2.70 bits per heavy atom. The highest BCUT2D eigenvalue weighted by Gasteiger charge is 2.24. The highest BCUT2D eigenvalue weighted by atomic mass is 15.2. The predicted octanol–water partition coefficient (Wildman–Crippen LogP) is 0.818. The molecule has 1 aliphatic rings. The molecule has 60 valence electrons. The first-order valence-corrected chi connectivity index (χ1v) is 4.21. The third-order valence-corrected chi connectivity index (χ3v) is 2.36. The summed E-state index contributed by atoms with van der Waals surface area (Å²) < 4.78 is 0. The van der Waals surface area contributed by atoms with Crippen molar-refractivity contribution in [3.8, 4) is 0 Å². The van der Waals surface area contributed by atoms with Crippen LogP contribution in [0.5, 0.6) is 0 Å². The fourth-order valence-electron chi connectivity index (χ4n) is 1.79. The molecule has 1 aliphatic heterocycles. The Labute approximate surface area is 63.4 Å². The normalized spacial score (nSPS) is 28.2. The van der Waals surface area contributed by atoms with E-state index < -0.39 is 0 Å². The van der Waals surface area contributed by atoms with Crippen molar-refractivity contribution in [3.63, 3.8) is 0 Å². The summed E-state index contributed by atoms with van der Waals surface area (Å²) in [6, 6.07) is 1.34. The first kappa shape index (κ1) is 8.02. The first-order chi connectivity index (χ1) is 4.75. The van der Waals surface area contributed by atoms with E-state index >= 15 is 0 Å². The maximum Gasteiger partial charge on any atom is 0.0221 e. The summed E-state index contributed by atoms with van der Waals surface area (Å²) in [5.41, 5.74) is 5.62. The SMILES string of the molecule is CC(C)N1CCC[C@@H]1CN. The third kappa shape index (κ3) is 1.50. The van der Waals surface area contributed by atoms with Crippen molar-refractivity contribution in [2.45, 2.75) is 38.8 Å². The van der Waals surface area contributed by atoms with Crippen LogP contribution >= 0.6 is 0 Å². The van der Waals surface area contributed by atoms with Crippen molar-refractivity contribution in [2.24, 2.45) is 5.73 Å². The summed E-state index contributed by atoms with van der Waals surface area (Å²) >= 11 is 0. The topological polar surface area (TPSA) is 29.3 Å². The van der Waals surface area contributed by atoms with Crippen molar-refractivity contribution in [3.05, 3.63) is 0 Å². The van der Waals surface area contributed by atoms with Gasteiger partial charge in [-0.05, 0) is 33.2 Å². The van der Waals surface area contributed by atoms with Gasteiger partial charge in [-0.15, -0.1) is 0 Å². The molecule has 0 aromatic carbocycles. The summed E-state index contributed by atoms with van der Waals surface area (Å²) in [5.74, 6) is 0. The Balaban J connectivity index is 2.42. The number of rotatable bonds is 2. The van der Waals surface area contributed by atoms with Crippen molar-refractivity contribution in [1.29, 1.82) is 0 Å². The first-order valence-electron chi connectivity index (χ1n) is 4.21. The molecule has 0 aromatic rings. The molecule has 1 fully saturated rings. The summed E-state index contributed by atoms with van der Waals surface area (Å²) in [5, 5.41) is 0. The van der Waals surface area contributed by atoms with Crippen LogP contribution in [0.1, 0.15) is 26.7 Å². The van der Waals surface area contributed by atoms with E-state index in [0.29, 0.717) is 12.1 Å². The second-order valence-electron chi connectivity index (χ2n) is 3.36. The molecule has 1 atom stereocenters. The Hall–Kier alpha value is -0.0800. The molecule has 2 heteroatoms. The van der Waals surface area contributed by atoms with Crippen LogP contribution in [0.2, 0.25) is 0 Å². The molecule has 0 aromatic heterocycles. The summed E-state index contributed by atoms with van der Waals surface area (Å²) in [4.78, 5) is 2.50. The summed E-state index contributed by atoms with van der Waals surface area (Å²) in [7, 11) is 0. The van der Waals surface area contributed by atoms with Crippen LogP contribution in [0.4, 0.5) is 0 Å². The molecule has 0 radical (unpaired) electrons. The molecule has 0 amide bonds. The van der Waals surface area contributed by atoms with Gasteiger partial charge in [0.25, 0.3) is 0 Å². The predicted molar refractivity (Wildman–Crippen MR) is 43.9 cm³/mol. The number of nitrogens with zero attached hydrogens (tertiary/aromatic N) is 1. The Morgan fingerprint density at radius 2 is 2.30 bits per heavy atom. The van der Waals surface area contributed by atoms with Gasteiger partial charge in [0, 0.05) is 18.6 Å². The molecule has 0 aliphatic carbocycles. The lowest BCUT2D eigenvalue weighted by atomic mass is 10.2. The van der Waals surface area contributed by atoms with Crippen molar-refractivity contribution < 1.29 is 0 Å². The molecule has 1 rings (SSSR count). The van der Waals surface area contributed by atoms with Crippen molar-refractivity contribution >= 4 is 0 Å². The average Bonchev–Trinajstić information content (AvgIpc) is 2.33. The van der Waals surface area contributed by atoms with E-state index in [0.717, 1.165) is 6.54 Å². The molecule has 2 N–H and O–H groups in total. The van der Waals surface area contributed by atoms with E-state index in [1.165, 1.54) is 19.4 Å². The van der Waals surface area contributed by atoms with Gasteiger partial charge in [-0.25, -0.2) is 0 Å². The molecular weight excluding hydrogens is 124 g/mol. The fourth-order valence-corrected chi connectivity index (χ4v) is 1.79. The second-order valence-corrected chi connectivity index (χ2v) is 3.36. The van der Waals surface area contributed by atoms with Crippen LogP contribution < -0.4 is 5.73 Å². The van der Waals surface area contributed by atoms with E-state index in [4.69, 9.17) is 5.73 Å². The second kappa shape index (κ2) is 3.35. The van der Waals surface area contributed by atoms with Crippen LogP contribution in [-0.2, 0) is 0 Å². The zero-order valence-electron chi connectivity index (χ0n) is 7.01. The van der Waals surface area contributed by atoms with Crippen LogP contribution in [0.3, 0.4) is 0 Å². The van der Waals surface area contributed by atoms with Gasteiger partial charge >= 0.3 is 0 Å². The van der Waals surface area contributed by atoms with Crippen LogP contribution in [0.15, 0.2) is 0 Å². The third-order valence-electron chi connectivity index (χ3n) is 2.36. The van der Waals surface area contributed by atoms with Crippen molar-refractivity contribution in [2.75, 3.05) is 13.1 Å². The minimum absolute atomic E-state index is 0.667. The van der Waals surface area contributed by atoms with E-state index in [2.05, 4.69) is 18.7 Å². The molecule has 0 saturated carbocycles. The molecule has 2 nitrogen and oxygen atoms in total. The maximum atomic E-state index is 5.62. The zero-order chi connectivity index (χ0) is 7.56. The number of hydrogen-bond acceptors (Lipinski definition) is 2. The van der Waals surface area contributed by atoms with E-state index in [1.54, 1.807) is 0 Å². The molecule has 0 spiro atoms.